The summed E-state index contributed by atoms with van der Waals surface area (Å²) in [5.41, 5.74) is 4.37. The number of anilines is 2. The van der Waals surface area contributed by atoms with Crippen LogP contribution in [0.3, 0.4) is 0 Å². The summed E-state index contributed by atoms with van der Waals surface area (Å²) in [6.07, 6.45) is 1.68. The van der Waals surface area contributed by atoms with Crippen molar-refractivity contribution in [2.75, 3.05) is 17.4 Å². The zero-order valence-electron chi connectivity index (χ0n) is 10.1. The maximum absolute atomic E-state index is 13.1. The summed E-state index contributed by atoms with van der Waals surface area (Å²) in [6, 6.07) is 10.3. The van der Waals surface area contributed by atoms with Crippen molar-refractivity contribution in [3.05, 3.63) is 54.0 Å². The molecule has 1 aromatic carbocycles. The molecule has 4 nitrogen and oxygen atoms in total. The van der Waals surface area contributed by atoms with Crippen LogP contribution in [0.1, 0.15) is 5.56 Å². The van der Waals surface area contributed by atoms with Gasteiger partial charge in [0.15, 0.2) is 0 Å². The summed E-state index contributed by atoms with van der Waals surface area (Å²) in [5, 5.41) is 0. The lowest BCUT2D eigenvalue weighted by Gasteiger charge is -2.19. The van der Waals surface area contributed by atoms with Crippen LogP contribution in [0, 0.1) is 5.82 Å². The summed E-state index contributed by atoms with van der Waals surface area (Å²) in [4.78, 5) is 5.99. The summed E-state index contributed by atoms with van der Waals surface area (Å²) in [7, 11) is 1.91. The van der Waals surface area contributed by atoms with Crippen molar-refractivity contribution in [2.45, 2.75) is 6.54 Å². The number of nitrogens with two attached hydrogens (primary N) is 1. The van der Waals surface area contributed by atoms with Gasteiger partial charge in [-0.3, -0.25) is 0 Å². The van der Waals surface area contributed by atoms with E-state index in [9.17, 15) is 4.39 Å². The van der Waals surface area contributed by atoms with Gasteiger partial charge >= 0.3 is 0 Å². The number of pyridine rings is 1. The Morgan fingerprint density at radius 2 is 2.17 bits per heavy atom. The number of rotatable bonds is 4. The number of hydrogen-bond acceptors (Lipinski definition) is 4. The number of hydrazine groups is 1. The highest BCUT2D eigenvalue weighted by molar-refractivity contribution is 5.47. The van der Waals surface area contributed by atoms with Gasteiger partial charge in [-0.15, -0.1) is 0 Å². The highest BCUT2D eigenvalue weighted by Crippen LogP contribution is 2.17. The van der Waals surface area contributed by atoms with E-state index >= 15 is 0 Å². The third-order valence-electron chi connectivity index (χ3n) is 2.64. The second-order valence-corrected chi connectivity index (χ2v) is 4.03. The smallest absolute Gasteiger partial charge is 0.140 e. The summed E-state index contributed by atoms with van der Waals surface area (Å²) in [5.74, 6) is 5.68. The van der Waals surface area contributed by atoms with Crippen molar-refractivity contribution < 1.29 is 4.39 Å². The average molecular weight is 246 g/mol. The lowest BCUT2D eigenvalue weighted by Crippen LogP contribution is -2.17. The quantitative estimate of drug-likeness (QED) is 0.641. The van der Waals surface area contributed by atoms with Gasteiger partial charge in [-0.2, -0.15) is 0 Å². The van der Waals surface area contributed by atoms with Crippen molar-refractivity contribution >= 4 is 11.5 Å². The maximum atomic E-state index is 13.1. The molecule has 0 atom stereocenters. The molecule has 1 heterocycles. The molecule has 0 unspecified atom stereocenters. The van der Waals surface area contributed by atoms with Crippen molar-refractivity contribution in [1.29, 1.82) is 0 Å². The van der Waals surface area contributed by atoms with Crippen LogP contribution in [0.25, 0.3) is 0 Å². The highest BCUT2D eigenvalue weighted by atomic mass is 19.1. The Morgan fingerprint density at radius 3 is 2.89 bits per heavy atom. The number of nitrogens with one attached hydrogen (secondary N) is 1. The normalized spacial score (nSPS) is 10.2. The second kappa shape index (κ2) is 5.46. The van der Waals surface area contributed by atoms with E-state index < -0.39 is 0 Å². The Balaban J connectivity index is 2.13. The molecule has 0 spiro atoms. The van der Waals surface area contributed by atoms with Crippen molar-refractivity contribution in [3.63, 3.8) is 0 Å². The first kappa shape index (κ1) is 12.3. The van der Waals surface area contributed by atoms with E-state index in [2.05, 4.69) is 10.4 Å². The number of nitrogen functional groups attached to an aromatic ring is 1. The van der Waals surface area contributed by atoms with Gasteiger partial charge in [-0.05, 0) is 35.9 Å². The predicted octanol–water partition coefficient (Wildman–Crippen LogP) is 2.14. The standard InChI is InChI=1S/C13H15FN4/c1-18(12-4-2-3-11(14)8-12)9-10-5-6-16-13(7-10)17-15/h2-8H,9,15H2,1H3,(H,16,17). The maximum Gasteiger partial charge on any atom is 0.140 e. The fraction of sp³-hybridized carbons (Fsp3) is 0.154. The lowest BCUT2D eigenvalue weighted by atomic mass is 10.2. The number of benzene rings is 1. The van der Waals surface area contributed by atoms with Crippen LogP contribution < -0.4 is 16.2 Å². The van der Waals surface area contributed by atoms with Crippen molar-refractivity contribution in [2.24, 2.45) is 5.84 Å². The minimum Gasteiger partial charge on any atom is -0.370 e. The fourth-order valence-corrected chi connectivity index (χ4v) is 1.73. The Kier molecular flexibility index (Phi) is 3.74. The first-order valence-corrected chi connectivity index (χ1v) is 5.57. The Morgan fingerprint density at radius 1 is 1.33 bits per heavy atom. The molecule has 0 radical (unpaired) electrons. The van der Waals surface area contributed by atoms with Gasteiger partial charge in [0.2, 0.25) is 0 Å². The molecule has 0 bridgehead atoms. The van der Waals surface area contributed by atoms with E-state index in [0.717, 1.165) is 11.3 Å². The third-order valence-corrected chi connectivity index (χ3v) is 2.64. The van der Waals surface area contributed by atoms with E-state index in [-0.39, 0.29) is 5.82 Å². The molecular formula is C13H15FN4. The first-order valence-electron chi connectivity index (χ1n) is 5.57. The second-order valence-electron chi connectivity index (χ2n) is 4.03. The van der Waals surface area contributed by atoms with E-state index in [4.69, 9.17) is 5.84 Å². The van der Waals surface area contributed by atoms with Crippen LogP contribution in [0.2, 0.25) is 0 Å². The van der Waals surface area contributed by atoms with Gasteiger partial charge in [0, 0.05) is 25.5 Å². The molecular weight excluding hydrogens is 231 g/mol. The minimum absolute atomic E-state index is 0.238. The van der Waals surface area contributed by atoms with Gasteiger partial charge in [0.05, 0.1) is 0 Å². The van der Waals surface area contributed by atoms with Gasteiger partial charge < -0.3 is 10.3 Å². The molecule has 0 aliphatic heterocycles. The van der Waals surface area contributed by atoms with Crippen LogP contribution >= 0.6 is 0 Å². The Bertz CT molecular complexity index is 530. The summed E-state index contributed by atoms with van der Waals surface area (Å²) < 4.78 is 13.1. The molecule has 2 aromatic rings. The van der Waals surface area contributed by atoms with Crippen LogP contribution in [0.15, 0.2) is 42.6 Å². The lowest BCUT2D eigenvalue weighted by molar-refractivity contribution is 0.627. The number of hydrogen-bond donors (Lipinski definition) is 2. The van der Waals surface area contributed by atoms with Gasteiger partial charge in [0.1, 0.15) is 11.6 Å². The molecule has 94 valence electrons. The molecule has 0 aliphatic rings. The van der Waals surface area contributed by atoms with Crippen LogP contribution in [0.5, 0.6) is 0 Å². The molecule has 0 fully saturated rings. The molecule has 5 heteroatoms. The topological polar surface area (TPSA) is 54.2 Å². The molecule has 2 rings (SSSR count). The molecule has 0 saturated carbocycles. The van der Waals surface area contributed by atoms with E-state index in [1.807, 2.05) is 30.1 Å². The monoisotopic (exact) mass is 246 g/mol. The van der Waals surface area contributed by atoms with Gasteiger partial charge in [-0.1, -0.05) is 6.07 Å². The molecule has 1 aromatic heterocycles. The van der Waals surface area contributed by atoms with E-state index in [1.165, 1.54) is 12.1 Å². The highest BCUT2D eigenvalue weighted by Gasteiger charge is 2.04. The molecule has 0 saturated heterocycles. The SMILES string of the molecule is CN(Cc1ccnc(NN)c1)c1cccc(F)c1. The van der Waals surface area contributed by atoms with Crippen LogP contribution in [0.4, 0.5) is 15.9 Å². The van der Waals surface area contributed by atoms with E-state index in [0.29, 0.717) is 12.4 Å². The largest absolute Gasteiger partial charge is 0.370 e. The zero-order chi connectivity index (χ0) is 13.0. The summed E-state index contributed by atoms with van der Waals surface area (Å²) >= 11 is 0. The van der Waals surface area contributed by atoms with Gasteiger partial charge in [0.25, 0.3) is 0 Å². The fourth-order valence-electron chi connectivity index (χ4n) is 1.73. The van der Waals surface area contributed by atoms with Crippen LogP contribution in [-0.4, -0.2) is 12.0 Å². The van der Waals surface area contributed by atoms with Gasteiger partial charge in [-0.25, -0.2) is 15.2 Å². The zero-order valence-corrected chi connectivity index (χ0v) is 10.1. The number of aromatic nitrogens is 1. The van der Waals surface area contributed by atoms with E-state index in [1.54, 1.807) is 12.3 Å². The minimum atomic E-state index is -0.238. The van der Waals surface area contributed by atoms with Crippen LogP contribution in [-0.2, 0) is 6.54 Å². The first-order chi connectivity index (χ1) is 8.69. The van der Waals surface area contributed by atoms with Crippen molar-refractivity contribution in [3.8, 4) is 0 Å². The third kappa shape index (κ3) is 2.95. The average Bonchev–Trinajstić information content (AvgIpc) is 2.39. The number of halogens is 1. The molecule has 3 N–H and O–H groups in total. The Hall–Kier alpha value is -2.14. The predicted molar refractivity (Wildman–Crippen MR) is 70.6 cm³/mol. The molecule has 0 aliphatic carbocycles. The summed E-state index contributed by atoms with van der Waals surface area (Å²) in [6.45, 7) is 0.653. The Labute approximate surface area is 105 Å². The number of nitrogens with zero attached hydrogens (tertiary/aromatic N) is 2. The molecule has 0 amide bonds. The van der Waals surface area contributed by atoms with Crippen molar-refractivity contribution in [1.82, 2.24) is 4.98 Å². The molecule has 18 heavy (non-hydrogen) atoms.